The van der Waals surface area contributed by atoms with Gasteiger partial charge in [-0.3, -0.25) is 0 Å². The molecule has 0 saturated carbocycles. The molecule has 2 unspecified atom stereocenters. The fraction of sp³-hybridized carbons (Fsp3) is 0.333. The highest BCUT2D eigenvalue weighted by Crippen LogP contribution is 2.26. The third-order valence-corrected chi connectivity index (χ3v) is 2.74. The van der Waals surface area contributed by atoms with Gasteiger partial charge in [0.15, 0.2) is 0 Å². The molecule has 0 saturated heterocycles. The lowest BCUT2D eigenvalue weighted by molar-refractivity contribution is 0.154. The largest absolute Gasteiger partial charge is 0.387 e. The number of aliphatic hydroxyl groups excluding tert-OH is 1. The van der Waals surface area contributed by atoms with Gasteiger partial charge >= 0.3 is 0 Å². The molecule has 0 bridgehead atoms. The molecule has 0 aliphatic rings. The summed E-state index contributed by atoms with van der Waals surface area (Å²) in [4.78, 5) is 0. The predicted octanol–water partition coefficient (Wildman–Crippen LogP) is 1.56. The van der Waals surface area contributed by atoms with E-state index in [0.717, 1.165) is 16.5 Å². The second-order valence-corrected chi connectivity index (χ2v) is 4.02. The fourth-order valence-corrected chi connectivity index (χ4v) is 1.89. The molecule has 0 radical (unpaired) electrons. The van der Waals surface area contributed by atoms with Gasteiger partial charge in [-0.1, -0.05) is 18.2 Å². The Labute approximate surface area is 89.1 Å². The minimum atomic E-state index is -0.601. The fourth-order valence-electron chi connectivity index (χ4n) is 1.89. The molecule has 2 atom stereocenters. The quantitative estimate of drug-likeness (QED) is 0.780. The normalized spacial score (nSPS) is 15.5. The van der Waals surface area contributed by atoms with Gasteiger partial charge in [0, 0.05) is 35.8 Å². The molecule has 0 amide bonds. The van der Waals surface area contributed by atoms with Gasteiger partial charge < -0.3 is 15.4 Å². The van der Waals surface area contributed by atoms with Crippen LogP contribution in [-0.2, 0) is 7.05 Å². The molecular weight excluding hydrogens is 188 g/mol. The lowest BCUT2D eigenvalue weighted by Gasteiger charge is -2.13. The number of aliphatic hydroxyl groups is 1. The van der Waals surface area contributed by atoms with Crippen molar-refractivity contribution in [2.45, 2.75) is 19.1 Å². The summed E-state index contributed by atoms with van der Waals surface area (Å²) in [5, 5.41) is 11.0. The SMILES string of the molecule is CC(N)C(O)c1cn(C)c2ccccc12. The lowest BCUT2D eigenvalue weighted by atomic mass is 10.0. The number of hydrogen-bond acceptors (Lipinski definition) is 2. The smallest absolute Gasteiger partial charge is 0.0958 e. The number of nitrogens with two attached hydrogens (primary N) is 1. The Morgan fingerprint density at radius 2 is 2.00 bits per heavy atom. The number of nitrogens with zero attached hydrogens (tertiary/aromatic N) is 1. The summed E-state index contributed by atoms with van der Waals surface area (Å²) in [7, 11) is 1.97. The van der Waals surface area contributed by atoms with Crippen LogP contribution in [0.15, 0.2) is 30.5 Å². The summed E-state index contributed by atoms with van der Waals surface area (Å²) in [5.74, 6) is 0. The van der Waals surface area contributed by atoms with Crippen LogP contribution in [-0.4, -0.2) is 15.7 Å². The summed E-state index contributed by atoms with van der Waals surface area (Å²) in [5.41, 5.74) is 7.73. The Morgan fingerprint density at radius 3 is 2.67 bits per heavy atom. The van der Waals surface area contributed by atoms with E-state index in [4.69, 9.17) is 5.73 Å². The van der Waals surface area contributed by atoms with Crippen LogP contribution in [0, 0.1) is 0 Å². The predicted molar refractivity (Wildman–Crippen MR) is 61.5 cm³/mol. The molecule has 15 heavy (non-hydrogen) atoms. The average Bonchev–Trinajstić information content (AvgIpc) is 2.56. The first-order valence-electron chi connectivity index (χ1n) is 5.09. The topological polar surface area (TPSA) is 51.2 Å². The Bertz CT molecular complexity index is 473. The van der Waals surface area contributed by atoms with E-state index in [1.165, 1.54) is 0 Å². The lowest BCUT2D eigenvalue weighted by Crippen LogP contribution is -2.24. The van der Waals surface area contributed by atoms with Crippen molar-refractivity contribution in [1.29, 1.82) is 0 Å². The molecule has 80 valence electrons. The van der Waals surface area contributed by atoms with Gasteiger partial charge in [-0.05, 0) is 13.0 Å². The van der Waals surface area contributed by atoms with E-state index in [2.05, 4.69) is 0 Å². The number of para-hydroxylation sites is 1. The van der Waals surface area contributed by atoms with Crippen molar-refractivity contribution in [3.05, 3.63) is 36.0 Å². The van der Waals surface area contributed by atoms with Crippen LogP contribution in [0.25, 0.3) is 10.9 Å². The molecule has 0 aliphatic heterocycles. The van der Waals surface area contributed by atoms with Crippen molar-refractivity contribution in [3.8, 4) is 0 Å². The number of rotatable bonds is 2. The molecule has 3 N–H and O–H groups in total. The van der Waals surface area contributed by atoms with Gasteiger partial charge in [0.25, 0.3) is 0 Å². The Morgan fingerprint density at radius 1 is 1.33 bits per heavy atom. The van der Waals surface area contributed by atoms with Crippen LogP contribution in [0.3, 0.4) is 0 Å². The molecule has 3 nitrogen and oxygen atoms in total. The zero-order valence-electron chi connectivity index (χ0n) is 9.01. The van der Waals surface area contributed by atoms with Gasteiger partial charge in [-0.2, -0.15) is 0 Å². The van der Waals surface area contributed by atoms with Crippen LogP contribution < -0.4 is 5.73 Å². The molecule has 0 fully saturated rings. The number of aryl methyl sites for hydroxylation is 1. The van der Waals surface area contributed by atoms with E-state index in [0.29, 0.717) is 0 Å². The minimum Gasteiger partial charge on any atom is -0.387 e. The van der Waals surface area contributed by atoms with E-state index in [9.17, 15) is 5.11 Å². The summed E-state index contributed by atoms with van der Waals surface area (Å²) in [6, 6.07) is 7.75. The van der Waals surface area contributed by atoms with Crippen molar-refractivity contribution in [1.82, 2.24) is 4.57 Å². The number of benzene rings is 1. The van der Waals surface area contributed by atoms with Gasteiger partial charge in [0.2, 0.25) is 0 Å². The third-order valence-electron chi connectivity index (χ3n) is 2.74. The molecule has 2 aromatic rings. The van der Waals surface area contributed by atoms with Crippen LogP contribution in [0.1, 0.15) is 18.6 Å². The van der Waals surface area contributed by atoms with E-state index >= 15 is 0 Å². The van der Waals surface area contributed by atoms with Crippen LogP contribution >= 0.6 is 0 Å². The highest BCUT2D eigenvalue weighted by molar-refractivity contribution is 5.84. The zero-order valence-corrected chi connectivity index (χ0v) is 9.01. The molecule has 1 aromatic heterocycles. The first-order valence-corrected chi connectivity index (χ1v) is 5.09. The second-order valence-electron chi connectivity index (χ2n) is 4.02. The van der Waals surface area contributed by atoms with E-state index < -0.39 is 6.10 Å². The van der Waals surface area contributed by atoms with E-state index in [1.807, 2.05) is 49.0 Å². The standard InChI is InChI=1S/C12H16N2O/c1-8(13)12(15)10-7-14(2)11-6-4-3-5-9(10)11/h3-8,12,15H,13H2,1-2H3. The maximum atomic E-state index is 9.97. The van der Waals surface area contributed by atoms with E-state index in [-0.39, 0.29) is 6.04 Å². The molecule has 0 aliphatic carbocycles. The van der Waals surface area contributed by atoms with Gasteiger partial charge in [0.1, 0.15) is 0 Å². The number of hydrogen-bond donors (Lipinski definition) is 2. The Kier molecular flexibility index (Phi) is 2.50. The summed E-state index contributed by atoms with van der Waals surface area (Å²) in [6.45, 7) is 1.81. The first-order chi connectivity index (χ1) is 7.11. The molecule has 1 aromatic carbocycles. The van der Waals surface area contributed by atoms with Crippen molar-refractivity contribution >= 4 is 10.9 Å². The number of aromatic nitrogens is 1. The van der Waals surface area contributed by atoms with Crippen molar-refractivity contribution < 1.29 is 5.11 Å². The summed E-state index contributed by atoms with van der Waals surface area (Å²) < 4.78 is 2.01. The zero-order chi connectivity index (χ0) is 11.0. The summed E-state index contributed by atoms with van der Waals surface area (Å²) in [6.07, 6.45) is 1.34. The second kappa shape index (κ2) is 3.68. The highest BCUT2D eigenvalue weighted by atomic mass is 16.3. The number of fused-ring (bicyclic) bond motifs is 1. The molecule has 3 heteroatoms. The van der Waals surface area contributed by atoms with Gasteiger partial charge in [0.05, 0.1) is 6.10 Å². The van der Waals surface area contributed by atoms with Crippen molar-refractivity contribution in [2.75, 3.05) is 0 Å². The average molecular weight is 204 g/mol. The summed E-state index contributed by atoms with van der Waals surface area (Å²) >= 11 is 0. The van der Waals surface area contributed by atoms with Gasteiger partial charge in [-0.15, -0.1) is 0 Å². The highest BCUT2D eigenvalue weighted by Gasteiger charge is 2.17. The molecule has 0 spiro atoms. The van der Waals surface area contributed by atoms with Crippen molar-refractivity contribution in [3.63, 3.8) is 0 Å². The minimum absolute atomic E-state index is 0.254. The van der Waals surface area contributed by atoms with Crippen LogP contribution in [0.5, 0.6) is 0 Å². The van der Waals surface area contributed by atoms with Gasteiger partial charge in [-0.25, -0.2) is 0 Å². The Hall–Kier alpha value is -1.32. The maximum Gasteiger partial charge on any atom is 0.0958 e. The molecule has 2 rings (SSSR count). The maximum absolute atomic E-state index is 9.97. The molecule has 1 heterocycles. The van der Waals surface area contributed by atoms with E-state index in [1.54, 1.807) is 0 Å². The first kappa shape index (κ1) is 10.2. The third kappa shape index (κ3) is 1.64. The van der Waals surface area contributed by atoms with Crippen LogP contribution in [0.2, 0.25) is 0 Å². The Balaban J connectivity index is 2.62. The van der Waals surface area contributed by atoms with Crippen LogP contribution in [0.4, 0.5) is 0 Å². The van der Waals surface area contributed by atoms with Crippen molar-refractivity contribution in [2.24, 2.45) is 12.8 Å². The molecular formula is C12H16N2O. The monoisotopic (exact) mass is 204 g/mol.